The second-order valence-electron chi connectivity index (χ2n) is 4.43. The van der Waals surface area contributed by atoms with E-state index in [-0.39, 0.29) is 12.2 Å². The van der Waals surface area contributed by atoms with Crippen LogP contribution < -0.4 is 0 Å². The van der Waals surface area contributed by atoms with Crippen LogP contribution in [0.25, 0.3) is 0 Å². The van der Waals surface area contributed by atoms with Gasteiger partial charge in [-0.1, -0.05) is 18.2 Å². The maximum Gasteiger partial charge on any atom is 0.312 e. The summed E-state index contributed by atoms with van der Waals surface area (Å²) in [6, 6.07) is 11.3. The summed E-state index contributed by atoms with van der Waals surface area (Å²) < 4.78 is 13.1. The Morgan fingerprint density at radius 3 is 2.68 bits per heavy atom. The molecule has 1 aromatic heterocycles. The topological polar surface area (TPSA) is 50.2 Å². The Morgan fingerprint density at radius 2 is 2.05 bits per heavy atom. The van der Waals surface area contributed by atoms with Crippen LogP contribution in [-0.2, 0) is 11.2 Å². The predicted molar refractivity (Wildman–Crippen MR) is 69.5 cm³/mol. The average Bonchev–Trinajstić information content (AvgIpc) is 2.35. The Balaban J connectivity index is 2.29. The Hall–Kier alpha value is -2.23. The molecular weight excluding hydrogens is 245 g/mol. The molecule has 0 radical (unpaired) electrons. The Kier molecular flexibility index (Phi) is 3.90. The first kappa shape index (κ1) is 13.2. The molecule has 0 aliphatic heterocycles. The highest BCUT2D eigenvalue weighted by atomic mass is 19.1. The van der Waals surface area contributed by atoms with Crippen LogP contribution in [0.2, 0.25) is 0 Å². The van der Waals surface area contributed by atoms with E-state index in [1.165, 1.54) is 12.1 Å². The molecule has 0 spiro atoms. The molecule has 1 heterocycles. The Labute approximate surface area is 110 Å². The zero-order valence-electron chi connectivity index (χ0n) is 10.5. The van der Waals surface area contributed by atoms with Gasteiger partial charge in [-0.05, 0) is 43.2 Å². The van der Waals surface area contributed by atoms with Crippen molar-refractivity contribution < 1.29 is 14.3 Å². The lowest BCUT2D eigenvalue weighted by Crippen LogP contribution is -2.16. The summed E-state index contributed by atoms with van der Waals surface area (Å²) in [5.74, 6) is -2.08. The van der Waals surface area contributed by atoms with E-state index < -0.39 is 11.9 Å². The molecule has 3 nitrogen and oxygen atoms in total. The standard InChI is InChI=1S/C15H14FNO2/c1-10-4-2-7-14(17-10)13(15(18)19)9-11-5-3-6-12(16)8-11/h2-8,13H,9H2,1H3,(H,18,19). The highest BCUT2D eigenvalue weighted by molar-refractivity contribution is 5.75. The van der Waals surface area contributed by atoms with Crippen molar-refractivity contribution >= 4 is 5.97 Å². The van der Waals surface area contributed by atoms with Gasteiger partial charge in [0.2, 0.25) is 0 Å². The highest BCUT2D eigenvalue weighted by Gasteiger charge is 2.21. The van der Waals surface area contributed by atoms with Crippen molar-refractivity contribution in [1.82, 2.24) is 4.98 Å². The van der Waals surface area contributed by atoms with Crippen LogP contribution in [0.4, 0.5) is 4.39 Å². The minimum Gasteiger partial charge on any atom is -0.481 e. The number of hydrogen-bond donors (Lipinski definition) is 1. The molecule has 0 saturated heterocycles. The first-order valence-corrected chi connectivity index (χ1v) is 5.97. The van der Waals surface area contributed by atoms with Crippen LogP contribution in [0.5, 0.6) is 0 Å². The number of aryl methyl sites for hydroxylation is 1. The van der Waals surface area contributed by atoms with E-state index in [0.717, 1.165) is 5.69 Å². The monoisotopic (exact) mass is 259 g/mol. The summed E-state index contributed by atoms with van der Waals surface area (Å²) in [5.41, 5.74) is 1.91. The summed E-state index contributed by atoms with van der Waals surface area (Å²) in [7, 11) is 0. The number of hydrogen-bond acceptors (Lipinski definition) is 2. The molecule has 0 aliphatic rings. The molecule has 98 valence electrons. The van der Waals surface area contributed by atoms with Crippen LogP contribution >= 0.6 is 0 Å². The summed E-state index contributed by atoms with van der Waals surface area (Å²) in [5, 5.41) is 9.31. The fourth-order valence-electron chi connectivity index (χ4n) is 1.98. The second kappa shape index (κ2) is 5.61. The van der Waals surface area contributed by atoms with E-state index in [9.17, 15) is 14.3 Å². The third-order valence-corrected chi connectivity index (χ3v) is 2.89. The van der Waals surface area contributed by atoms with Crippen molar-refractivity contribution in [2.75, 3.05) is 0 Å². The van der Waals surface area contributed by atoms with Crippen molar-refractivity contribution in [2.45, 2.75) is 19.3 Å². The van der Waals surface area contributed by atoms with Gasteiger partial charge in [-0.2, -0.15) is 0 Å². The smallest absolute Gasteiger partial charge is 0.312 e. The average molecular weight is 259 g/mol. The largest absolute Gasteiger partial charge is 0.481 e. The maximum atomic E-state index is 13.1. The number of carbonyl (C=O) groups is 1. The number of rotatable bonds is 4. The van der Waals surface area contributed by atoms with Gasteiger partial charge in [-0.25, -0.2) is 4.39 Å². The number of carboxylic acid groups (broad SMARTS) is 1. The van der Waals surface area contributed by atoms with Crippen molar-refractivity contribution in [1.29, 1.82) is 0 Å². The second-order valence-corrected chi connectivity index (χ2v) is 4.43. The molecule has 0 fully saturated rings. The number of nitrogens with zero attached hydrogens (tertiary/aromatic N) is 1. The predicted octanol–water partition coefficient (Wildman–Crippen LogP) is 2.94. The molecule has 19 heavy (non-hydrogen) atoms. The molecule has 4 heteroatoms. The van der Waals surface area contributed by atoms with Crippen LogP contribution in [0.1, 0.15) is 22.9 Å². The molecule has 1 N–H and O–H groups in total. The summed E-state index contributed by atoms with van der Waals surface area (Å²) in [6.07, 6.45) is 0.226. The number of benzene rings is 1. The van der Waals surface area contributed by atoms with Crippen LogP contribution in [0, 0.1) is 12.7 Å². The third-order valence-electron chi connectivity index (χ3n) is 2.89. The molecule has 2 rings (SSSR count). The van der Waals surface area contributed by atoms with Crippen molar-refractivity contribution in [3.8, 4) is 0 Å². The summed E-state index contributed by atoms with van der Waals surface area (Å²) >= 11 is 0. The third kappa shape index (κ3) is 3.37. The van der Waals surface area contributed by atoms with Crippen LogP contribution in [0.3, 0.4) is 0 Å². The van der Waals surface area contributed by atoms with Gasteiger partial charge < -0.3 is 5.11 Å². The molecular formula is C15H14FNO2. The van der Waals surface area contributed by atoms with E-state index in [0.29, 0.717) is 11.3 Å². The van der Waals surface area contributed by atoms with E-state index in [1.54, 1.807) is 24.3 Å². The van der Waals surface area contributed by atoms with Crippen LogP contribution in [-0.4, -0.2) is 16.1 Å². The molecule has 1 unspecified atom stereocenters. The molecule has 0 amide bonds. The highest BCUT2D eigenvalue weighted by Crippen LogP contribution is 2.20. The van der Waals surface area contributed by atoms with Gasteiger partial charge in [-0.3, -0.25) is 9.78 Å². The van der Waals surface area contributed by atoms with Crippen molar-refractivity contribution in [2.24, 2.45) is 0 Å². The zero-order valence-corrected chi connectivity index (χ0v) is 10.5. The van der Waals surface area contributed by atoms with Gasteiger partial charge in [0.1, 0.15) is 11.7 Å². The quantitative estimate of drug-likeness (QED) is 0.918. The van der Waals surface area contributed by atoms with Gasteiger partial charge in [0.25, 0.3) is 0 Å². The first-order chi connectivity index (χ1) is 9.06. The Morgan fingerprint density at radius 1 is 1.32 bits per heavy atom. The van der Waals surface area contributed by atoms with E-state index in [1.807, 2.05) is 13.0 Å². The normalized spacial score (nSPS) is 12.1. The van der Waals surface area contributed by atoms with Gasteiger partial charge in [0.15, 0.2) is 0 Å². The lowest BCUT2D eigenvalue weighted by molar-refractivity contribution is -0.138. The molecule has 1 aromatic carbocycles. The Bertz CT molecular complexity index is 598. The maximum absolute atomic E-state index is 13.1. The molecule has 0 bridgehead atoms. The van der Waals surface area contributed by atoms with E-state index in [4.69, 9.17) is 0 Å². The van der Waals surface area contributed by atoms with Crippen LogP contribution in [0.15, 0.2) is 42.5 Å². The van der Waals surface area contributed by atoms with Crippen molar-refractivity contribution in [3.05, 3.63) is 65.2 Å². The van der Waals surface area contributed by atoms with Gasteiger partial charge in [0.05, 0.1) is 5.69 Å². The minimum absolute atomic E-state index is 0.226. The fraction of sp³-hybridized carbons (Fsp3) is 0.200. The lowest BCUT2D eigenvalue weighted by Gasteiger charge is -2.12. The number of carboxylic acids is 1. The lowest BCUT2D eigenvalue weighted by atomic mass is 9.95. The van der Waals surface area contributed by atoms with E-state index >= 15 is 0 Å². The van der Waals surface area contributed by atoms with Gasteiger partial charge in [0, 0.05) is 5.69 Å². The number of pyridine rings is 1. The number of halogens is 1. The first-order valence-electron chi connectivity index (χ1n) is 5.97. The number of aliphatic carboxylic acids is 1. The summed E-state index contributed by atoms with van der Waals surface area (Å²) in [6.45, 7) is 1.81. The fourth-order valence-corrected chi connectivity index (χ4v) is 1.98. The minimum atomic E-state index is -0.956. The molecule has 2 aromatic rings. The molecule has 1 atom stereocenters. The zero-order chi connectivity index (χ0) is 13.8. The SMILES string of the molecule is Cc1cccc(C(Cc2cccc(F)c2)C(=O)O)n1. The van der Waals surface area contributed by atoms with Gasteiger partial charge >= 0.3 is 5.97 Å². The van der Waals surface area contributed by atoms with Crippen molar-refractivity contribution in [3.63, 3.8) is 0 Å². The van der Waals surface area contributed by atoms with Gasteiger partial charge in [-0.15, -0.1) is 0 Å². The number of aromatic nitrogens is 1. The summed E-state index contributed by atoms with van der Waals surface area (Å²) in [4.78, 5) is 15.6. The molecule has 0 saturated carbocycles. The van der Waals surface area contributed by atoms with E-state index in [2.05, 4.69) is 4.98 Å². The molecule has 0 aliphatic carbocycles.